The minimum Gasteiger partial charge on any atom is -0.372 e. The maximum Gasteiger partial charge on any atom is 0.0981 e. The lowest BCUT2D eigenvalue weighted by Gasteiger charge is -2.30. The highest BCUT2D eigenvalue weighted by Gasteiger charge is 2.26. The van der Waals surface area contributed by atoms with E-state index in [1.165, 1.54) is 16.7 Å². The summed E-state index contributed by atoms with van der Waals surface area (Å²) in [6, 6.07) is 16.2. The molecule has 0 bridgehead atoms. The zero-order valence-corrected chi connectivity index (χ0v) is 12.0. The highest BCUT2D eigenvalue weighted by Crippen LogP contribution is 2.30. The molecule has 2 aromatic rings. The molecule has 3 rings (SSSR count). The van der Waals surface area contributed by atoms with E-state index in [0.717, 1.165) is 24.5 Å². The molecule has 1 heterocycles. The molecular weight excluding hydrogens is 270 g/mol. The number of hydrogen-bond donors (Lipinski definition) is 1. The van der Waals surface area contributed by atoms with Gasteiger partial charge in [0.2, 0.25) is 0 Å². The molecule has 104 valence electrons. The summed E-state index contributed by atoms with van der Waals surface area (Å²) in [7, 11) is 0. The van der Waals surface area contributed by atoms with Crippen LogP contribution in [0.5, 0.6) is 0 Å². The zero-order valence-electron chi connectivity index (χ0n) is 11.3. The Bertz CT molecular complexity index is 582. The third-order valence-electron chi connectivity index (χ3n) is 3.80. The van der Waals surface area contributed by atoms with E-state index >= 15 is 0 Å². The lowest BCUT2D eigenvalue weighted by molar-refractivity contribution is 0.0246. The molecule has 0 aromatic heterocycles. The van der Waals surface area contributed by atoms with Crippen molar-refractivity contribution in [3.8, 4) is 0 Å². The topological polar surface area (TPSA) is 35.2 Å². The smallest absolute Gasteiger partial charge is 0.0981 e. The van der Waals surface area contributed by atoms with Crippen molar-refractivity contribution in [1.82, 2.24) is 0 Å². The fourth-order valence-electron chi connectivity index (χ4n) is 2.78. The Morgan fingerprint density at radius 1 is 1.15 bits per heavy atom. The first kappa shape index (κ1) is 13.6. The van der Waals surface area contributed by atoms with Gasteiger partial charge in [0.1, 0.15) is 0 Å². The van der Waals surface area contributed by atoms with Crippen molar-refractivity contribution >= 4 is 11.6 Å². The molecule has 2 unspecified atom stereocenters. The monoisotopic (exact) mass is 287 g/mol. The number of halogens is 1. The first-order valence-electron chi connectivity index (χ1n) is 6.93. The fourth-order valence-corrected chi connectivity index (χ4v) is 2.90. The summed E-state index contributed by atoms with van der Waals surface area (Å²) in [4.78, 5) is 0. The molecule has 20 heavy (non-hydrogen) atoms. The average molecular weight is 288 g/mol. The molecule has 2 N–H and O–H groups in total. The van der Waals surface area contributed by atoms with Crippen molar-refractivity contribution in [2.75, 3.05) is 6.61 Å². The third kappa shape index (κ3) is 2.88. The number of nitrogens with two attached hydrogens (primary N) is 1. The molecule has 2 aromatic carbocycles. The van der Waals surface area contributed by atoms with Gasteiger partial charge in [0.25, 0.3) is 0 Å². The third-order valence-corrected chi connectivity index (χ3v) is 4.06. The summed E-state index contributed by atoms with van der Waals surface area (Å²) in [5.41, 5.74) is 10.2. The molecule has 0 saturated carbocycles. The van der Waals surface area contributed by atoms with Crippen LogP contribution in [-0.2, 0) is 17.6 Å². The highest BCUT2D eigenvalue weighted by atomic mass is 35.5. The lowest BCUT2D eigenvalue weighted by atomic mass is 9.91. The summed E-state index contributed by atoms with van der Waals surface area (Å²) >= 11 is 5.91. The van der Waals surface area contributed by atoms with Crippen molar-refractivity contribution in [3.05, 3.63) is 70.2 Å². The second kappa shape index (κ2) is 5.96. The Kier molecular flexibility index (Phi) is 4.06. The Hall–Kier alpha value is -1.35. The second-order valence-electron chi connectivity index (χ2n) is 5.23. The van der Waals surface area contributed by atoms with Gasteiger partial charge in [-0.1, -0.05) is 48.0 Å². The van der Waals surface area contributed by atoms with Crippen LogP contribution in [0.2, 0.25) is 5.02 Å². The molecule has 0 fully saturated rings. The van der Waals surface area contributed by atoms with Gasteiger partial charge in [0.15, 0.2) is 0 Å². The van der Waals surface area contributed by atoms with Crippen molar-refractivity contribution in [1.29, 1.82) is 0 Å². The van der Waals surface area contributed by atoms with Gasteiger partial charge in [0, 0.05) is 11.1 Å². The van der Waals surface area contributed by atoms with Crippen LogP contribution in [0, 0.1) is 0 Å². The molecule has 0 radical (unpaired) electrons. The van der Waals surface area contributed by atoms with E-state index in [2.05, 4.69) is 24.3 Å². The predicted octanol–water partition coefficient (Wildman–Crippen LogP) is 3.52. The lowest BCUT2D eigenvalue weighted by Crippen LogP contribution is -2.35. The largest absolute Gasteiger partial charge is 0.372 e. The first-order chi connectivity index (χ1) is 9.74. The van der Waals surface area contributed by atoms with E-state index in [-0.39, 0.29) is 12.1 Å². The van der Waals surface area contributed by atoms with Crippen LogP contribution < -0.4 is 5.73 Å². The number of benzene rings is 2. The van der Waals surface area contributed by atoms with Gasteiger partial charge in [-0.25, -0.2) is 0 Å². The number of hydrogen-bond acceptors (Lipinski definition) is 2. The summed E-state index contributed by atoms with van der Waals surface area (Å²) in [6.45, 7) is 0.746. The van der Waals surface area contributed by atoms with Crippen molar-refractivity contribution in [2.24, 2.45) is 5.73 Å². The molecule has 0 saturated heterocycles. The summed E-state index contributed by atoms with van der Waals surface area (Å²) in [6.07, 6.45) is 1.74. The Morgan fingerprint density at radius 2 is 1.90 bits per heavy atom. The fraction of sp³-hybridized carbons (Fsp3) is 0.294. The minimum absolute atomic E-state index is 0.0179. The quantitative estimate of drug-likeness (QED) is 0.937. The SMILES string of the molecule is NC(Cc1ccc(Cl)cc1)C1OCCc2ccccc21. The van der Waals surface area contributed by atoms with E-state index in [9.17, 15) is 0 Å². The van der Waals surface area contributed by atoms with Crippen LogP contribution in [0.15, 0.2) is 48.5 Å². The van der Waals surface area contributed by atoms with Gasteiger partial charge >= 0.3 is 0 Å². The maximum atomic E-state index is 6.38. The molecule has 0 spiro atoms. The molecule has 1 aliphatic rings. The molecular formula is C17H18ClNO. The number of fused-ring (bicyclic) bond motifs is 1. The standard InChI is InChI=1S/C17H18ClNO/c18-14-7-5-12(6-8-14)11-16(19)17-15-4-2-1-3-13(15)9-10-20-17/h1-8,16-17H,9-11,19H2. The maximum absolute atomic E-state index is 6.38. The Labute approximate surface area is 124 Å². The molecule has 2 nitrogen and oxygen atoms in total. The van der Waals surface area contributed by atoms with Crippen LogP contribution in [-0.4, -0.2) is 12.6 Å². The Balaban J connectivity index is 1.78. The highest BCUT2D eigenvalue weighted by molar-refractivity contribution is 6.30. The number of rotatable bonds is 3. The zero-order chi connectivity index (χ0) is 13.9. The minimum atomic E-state index is -0.0439. The molecule has 2 atom stereocenters. The summed E-state index contributed by atoms with van der Waals surface area (Å²) in [5, 5.41) is 0.751. The van der Waals surface area contributed by atoms with Gasteiger partial charge in [-0.3, -0.25) is 0 Å². The van der Waals surface area contributed by atoms with Gasteiger partial charge in [0.05, 0.1) is 12.7 Å². The second-order valence-corrected chi connectivity index (χ2v) is 5.67. The van der Waals surface area contributed by atoms with E-state index in [1.54, 1.807) is 0 Å². The summed E-state index contributed by atoms with van der Waals surface area (Å²) < 4.78 is 5.91. The van der Waals surface area contributed by atoms with Crippen molar-refractivity contribution in [3.63, 3.8) is 0 Å². The van der Waals surface area contributed by atoms with Crippen LogP contribution >= 0.6 is 11.6 Å². The normalized spacial score (nSPS) is 19.4. The number of ether oxygens (including phenoxy) is 1. The molecule has 1 aliphatic heterocycles. The van der Waals surface area contributed by atoms with Gasteiger partial charge < -0.3 is 10.5 Å². The van der Waals surface area contributed by atoms with E-state index in [1.807, 2.05) is 24.3 Å². The van der Waals surface area contributed by atoms with Gasteiger partial charge in [-0.15, -0.1) is 0 Å². The van der Waals surface area contributed by atoms with Crippen LogP contribution in [0.25, 0.3) is 0 Å². The molecule has 3 heteroatoms. The average Bonchev–Trinajstić information content (AvgIpc) is 2.49. The van der Waals surface area contributed by atoms with Crippen LogP contribution in [0.4, 0.5) is 0 Å². The van der Waals surface area contributed by atoms with Crippen LogP contribution in [0.1, 0.15) is 22.8 Å². The molecule has 0 aliphatic carbocycles. The Morgan fingerprint density at radius 3 is 2.70 bits per heavy atom. The van der Waals surface area contributed by atoms with Gasteiger partial charge in [-0.2, -0.15) is 0 Å². The van der Waals surface area contributed by atoms with Crippen LogP contribution in [0.3, 0.4) is 0 Å². The van der Waals surface area contributed by atoms with E-state index < -0.39 is 0 Å². The van der Waals surface area contributed by atoms with E-state index in [0.29, 0.717) is 0 Å². The summed E-state index contributed by atoms with van der Waals surface area (Å²) in [5.74, 6) is 0. The predicted molar refractivity (Wildman–Crippen MR) is 82.0 cm³/mol. The first-order valence-corrected chi connectivity index (χ1v) is 7.31. The van der Waals surface area contributed by atoms with Crippen molar-refractivity contribution < 1.29 is 4.74 Å². The molecule has 0 amide bonds. The van der Waals surface area contributed by atoms with Crippen molar-refractivity contribution in [2.45, 2.75) is 25.0 Å². The van der Waals surface area contributed by atoms with E-state index in [4.69, 9.17) is 22.1 Å². The van der Waals surface area contributed by atoms with Gasteiger partial charge in [-0.05, 0) is 41.7 Å².